The zero-order valence-electron chi connectivity index (χ0n) is 14.9. The Kier molecular flexibility index (Phi) is 4.89. The van der Waals surface area contributed by atoms with E-state index < -0.39 is 6.10 Å². The van der Waals surface area contributed by atoms with Crippen LogP contribution >= 0.6 is 23.4 Å². The molecule has 0 amide bonds. The van der Waals surface area contributed by atoms with E-state index in [4.69, 9.17) is 21.1 Å². The van der Waals surface area contributed by atoms with Gasteiger partial charge in [0.1, 0.15) is 5.75 Å². The number of halogens is 1. The molecule has 1 aliphatic rings. The normalized spacial score (nSPS) is 18.2. The molecule has 2 heterocycles. The summed E-state index contributed by atoms with van der Waals surface area (Å²) in [6.07, 6.45) is 1.55. The van der Waals surface area contributed by atoms with Crippen LogP contribution in [0.2, 0.25) is 5.02 Å². The van der Waals surface area contributed by atoms with Crippen molar-refractivity contribution in [2.75, 3.05) is 7.11 Å². The molecule has 0 saturated carbocycles. The molecule has 0 aliphatic carbocycles. The van der Waals surface area contributed by atoms with Crippen LogP contribution in [0, 0.1) is 0 Å². The highest BCUT2D eigenvalue weighted by molar-refractivity contribution is 7.99. The number of esters is 1. The minimum Gasteiger partial charge on any atom is -0.497 e. The van der Waals surface area contributed by atoms with Crippen molar-refractivity contribution in [1.29, 1.82) is 0 Å². The number of carbonyl (C=O) groups excluding carboxylic acids is 1. The Morgan fingerprint density at radius 2 is 1.93 bits per heavy atom. The maximum absolute atomic E-state index is 11.9. The first-order chi connectivity index (χ1) is 13.1. The van der Waals surface area contributed by atoms with Crippen LogP contribution < -0.4 is 4.74 Å². The van der Waals surface area contributed by atoms with E-state index in [1.165, 1.54) is 6.92 Å². The quantitative estimate of drug-likeness (QED) is 0.538. The molecule has 138 valence electrons. The fourth-order valence-electron chi connectivity index (χ4n) is 3.32. The van der Waals surface area contributed by atoms with E-state index >= 15 is 0 Å². The number of fused-ring (bicyclic) bond motifs is 3. The highest BCUT2D eigenvalue weighted by Gasteiger charge is 2.34. The number of methoxy groups -OCH3 is 1. The third-order valence-electron chi connectivity index (χ3n) is 4.52. The molecule has 1 aromatic heterocycles. The summed E-state index contributed by atoms with van der Waals surface area (Å²) in [5, 5.41) is 0.558. The van der Waals surface area contributed by atoms with Gasteiger partial charge in [-0.05, 0) is 48.0 Å². The van der Waals surface area contributed by atoms with Crippen molar-refractivity contribution in [3.63, 3.8) is 0 Å². The van der Waals surface area contributed by atoms with E-state index in [2.05, 4.69) is 4.57 Å². The van der Waals surface area contributed by atoms with Gasteiger partial charge >= 0.3 is 5.97 Å². The molecule has 27 heavy (non-hydrogen) atoms. The van der Waals surface area contributed by atoms with Crippen LogP contribution in [-0.4, -0.2) is 17.6 Å². The van der Waals surface area contributed by atoms with Gasteiger partial charge in [-0.1, -0.05) is 23.7 Å². The monoisotopic (exact) mass is 399 g/mol. The maximum Gasteiger partial charge on any atom is 0.303 e. The summed E-state index contributed by atoms with van der Waals surface area (Å²) in [5.74, 6) is 0.476. The Balaban J connectivity index is 1.88. The van der Waals surface area contributed by atoms with E-state index in [-0.39, 0.29) is 11.2 Å². The first kappa shape index (κ1) is 18.0. The van der Waals surface area contributed by atoms with Gasteiger partial charge in [0, 0.05) is 23.0 Å². The highest BCUT2D eigenvalue weighted by Crippen LogP contribution is 2.51. The Morgan fingerprint density at radius 3 is 2.63 bits per heavy atom. The lowest BCUT2D eigenvalue weighted by molar-refractivity contribution is -0.147. The predicted octanol–water partition coefficient (Wildman–Crippen LogP) is 5.59. The number of carbonyl (C=O) groups is 1. The smallest absolute Gasteiger partial charge is 0.303 e. The van der Waals surface area contributed by atoms with Crippen LogP contribution in [0.3, 0.4) is 0 Å². The highest BCUT2D eigenvalue weighted by atomic mass is 35.5. The summed E-state index contributed by atoms with van der Waals surface area (Å²) < 4.78 is 13.1. The third-order valence-corrected chi connectivity index (χ3v) is 6.11. The zero-order chi connectivity index (χ0) is 19.0. The van der Waals surface area contributed by atoms with Crippen LogP contribution in [0.15, 0.2) is 65.7 Å². The van der Waals surface area contributed by atoms with Crippen molar-refractivity contribution in [2.24, 2.45) is 0 Å². The Bertz CT molecular complexity index is 983. The molecule has 0 fully saturated rings. The van der Waals surface area contributed by atoms with Gasteiger partial charge < -0.3 is 14.0 Å². The Morgan fingerprint density at radius 1 is 1.15 bits per heavy atom. The topological polar surface area (TPSA) is 40.5 Å². The summed E-state index contributed by atoms with van der Waals surface area (Å²) in [5.41, 5.74) is 3.00. The zero-order valence-corrected chi connectivity index (χ0v) is 16.5. The van der Waals surface area contributed by atoms with Crippen molar-refractivity contribution in [2.45, 2.75) is 23.2 Å². The van der Waals surface area contributed by atoms with Crippen molar-refractivity contribution in [1.82, 2.24) is 4.57 Å². The average molecular weight is 400 g/mol. The molecular formula is C21H18ClNO3S. The van der Waals surface area contributed by atoms with E-state index in [0.717, 1.165) is 27.6 Å². The second kappa shape index (κ2) is 7.33. The molecule has 2 atom stereocenters. The van der Waals surface area contributed by atoms with Crippen molar-refractivity contribution in [3.8, 4) is 11.4 Å². The van der Waals surface area contributed by atoms with Crippen LogP contribution in [0.25, 0.3) is 5.69 Å². The van der Waals surface area contributed by atoms with E-state index in [0.29, 0.717) is 5.02 Å². The molecule has 4 nitrogen and oxygen atoms in total. The summed E-state index contributed by atoms with van der Waals surface area (Å²) in [6.45, 7) is 1.44. The summed E-state index contributed by atoms with van der Waals surface area (Å²) in [6, 6.07) is 17.6. The van der Waals surface area contributed by atoms with E-state index in [1.807, 2.05) is 60.8 Å². The van der Waals surface area contributed by atoms with Gasteiger partial charge in [-0.25, -0.2) is 0 Å². The molecule has 0 spiro atoms. The summed E-state index contributed by atoms with van der Waals surface area (Å²) in [4.78, 5) is 12.9. The lowest BCUT2D eigenvalue weighted by Gasteiger charge is -2.25. The van der Waals surface area contributed by atoms with Crippen molar-refractivity contribution < 1.29 is 14.3 Å². The summed E-state index contributed by atoms with van der Waals surface area (Å²) >= 11 is 7.91. The van der Waals surface area contributed by atoms with E-state index in [9.17, 15) is 4.79 Å². The molecular weight excluding hydrogens is 382 g/mol. The fourth-order valence-corrected chi connectivity index (χ4v) is 4.92. The number of aromatic nitrogens is 1. The first-order valence-corrected chi connectivity index (χ1v) is 9.77. The Labute approximate surface area is 167 Å². The number of ether oxygens (including phenoxy) is 2. The van der Waals surface area contributed by atoms with Crippen LogP contribution in [0.1, 0.15) is 29.5 Å². The molecule has 1 aliphatic heterocycles. The van der Waals surface area contributed by atoms with Gasteiger partial charge in [-0.3, -0.25) is 4.79 Å². The summed E-state index contributed by atoms with van der Waals surface area (Å²) in [7, 11) is 1.64. The molecule has 0 N–H and O–H groups in total. The number of hydrogen-bond acceptors (Lipinski definition) is 4. The van der Waals surface area contributed by atoms with Gasteiger partial charge in [0.05, 0.1) is 23.7 Å². The van der Waals surface area contributed by atoms with Crippen LogP contribution in [-0.2, 0) is 9.53 Å². The number of rotatable bonds is 3. The van der Waals surface area contributed by atoms with Crippen LogP contribution in [0.5, 0.6) is 5.75 Å². The average Bonchev–Trinajstić information content (AvgIpc) is 3.10. The second-order valence-corrected chi connectivity index (χ2v) is 7.88. The van der Waals surface area contributed by atoms with Crippen LogP contribution in [0.4, 0.5) is 0 Å². The van der Waals surface area contributed by atoms with Crippen molar-refractivity contribution in [3.05, 3.63) is 77.1 Å². The molecule has 6 heteroatoms. The van der Waals surface area contributed by atoms with Gasteiger partial charge in [0.2, 0.25) is 0 Å². The molecule has 4 rings (SSSR count). The first-order valence-electron chi connectivity index (χ1n) is 8.52. The number of thioether (sulfide) groups is 1. The third kappa shape index (κ3) is 3.45. The lowest BCUT2D eigenvalue weighted by Crippen LogP contribution is -2.16. The minimum absolute atomic E-state index is 0.117. The SMILES string of the molecule is COc1ccc([C@H]2Sc3cc(Cl)ccc3-n3cccc3[C@H]2OC(C)=O)cc1. The lowest BCUT2D eigenvalue weighted by atomic mass is 10.0. The molecule has 0 bridgehead atoms. The van der Waals surface area contributed by atoms with Gasteiger partial charge in [-0.15, -0.1) is 11.8 Å². The molecule has 2 aromatic carbocycles. The molecule has 0 unspecified atom stereocenters. The number of hydrogen-bond donors (Lipinski definition) is 0. The fraction of sp³-hybridized carbons (Fsp3) is 0.190. The number of benzene rings is 2. The van der Waals surface area contributed by atoms with Crippen molar-refractivity contribution >= 4 is 29.3 Å². The van der Waals surface area contributed by atoms with Gasteiger partial charge in [0.15, 0.2) is 6.10 Å². The largest absolute Gasteiger partial charge is 0.497 e. The molecule has 0 radical (unpaired) electrons. The number of nitrogens with zero attached hydrogens (tertiary/aromatic N) is 1. The van der Waals surface area contributed by atoms with E-state index in [1.54, 1.807) is 18.9 Å². The predicted molar refractivity (Wildman–Crippen MR) is 107 cm³/mol. The minimum atomic E-state index is -0.429. The van der Waals surface area contributed by atoms with Gasteiger partial charge in [0.25, 0.3) is 0 Å². The molecule has 0 saturated heterocycles. The standard InChI is InChI=1S/C21H18ClNO3S/c1-13(24)26-20-18-4-3-11-23(18)17-10-7-15(22)12-19(17)27-21(20)14-5-8-16(25-2)9-6-14/h3-12,20-21H,1-2H3/t20-,21-/m1/s1. The Hall–Kier alpha value is -2.37. The van der Waals surface area contributed by atoms with Gasteiger partial charge in [-0.2, -0.15) is 0 Å². The molecule has 3 aromatic rings. The maximum atomic E-state index is 11.9. The second-order valence-electron chi connectivity index (χ2n) is 6.26.